The fourth-order valence-corrected chi connectivity index (χ4v) is 1.90. The van der Waals surface area contributed by atoms with Crippen molar-refractivity contribution in [1.82, 2.24) is 0 Å². The first-order valence-electron chi connectivity index (χ1n) is 7.28. The maximum atomic E-state index is 11.7. The van der Waals surface area contributed by atoms with E-state index < -0.39 is 12.1 Å². The van der Waals surface area contributed by atoms with Gasteiger partial charge in [0.1, 0.15) is 6.10 Å². The third kappa shape index (κ3) is 5.46. The highest BCUT2D eigenvalue weighted by molar-refractivity contribution is 5.89. The lowest BCUT2D eigenvalue weighted by molar-refractivity contribution is 0.0556. The van der Waals surface area contributed by atoms with Gasteiger partial charge in [-0.1, -0.05) is 66.4 Å². The monoisotopic (exact) mass is 306 g/mol. The van der Waals surface area contributed by atoms with Crippen LogP contribution >= 0.6 is 0 Å². The number of ether oxygens (including phenoxy) is 1. The molecular weight excluding hydrogens is 288 g/mol. The van der Waals surface area contributed by atoms with Crippen molar-refractivity contribution in [2.45, 2.75) is 13.0 Å². The Hall–Kier alpha value is -2.83. The van der Waals surface area contributed by atoms with E-state index in [1.54, 1.807) is 24.3 Å². The first-order chi connectivity index (χ1) is 11.2. The molecule has 0 radical (unpaired) electrons. The van der Waals surface area contributed by atoms with E-state index in [0.29, 0.717) is 5.56 Å². The van der Waals surface area contributed by atoms with Gasteiger partial charge in [-0.2, -0.15) is 0 Å². The van der Waals surface area contributed by atoms with Crippen LogP contribution in [0.15, 0.2) is 66.2 Å². The van der Waals surface area contributed by atoms with E-state index in [0.717, 1.165) is 11.1 Å². The largest absolute Gasteiger partial charge is 0.449 e. The van der Waals surface area contributed by atoms with Gasteiger partial charge in [0.25, 0.3) is 0 Å². The molecule has 0 aromatic heterocycles. The van der Waals surface area contributed by atoms with E-state index in [4.69, 9.17) is 4.74 Å². The summed E-state index contributed by atoms with van der Waals surface area (Å²) < 4.78 is 5.03. The minimum absolute atomic E-state index is 0.0522. The number of hydrogen-bond donors (Lipinski definition) is 1. The molecule has 2 aromatic carbocycles. The molecule has 116 valence electrons. The zero-order valence-corrected chi connectivity index (χ0v) is 12.9. The van der Waals surface area contributed by atoms with Crippen molar-refractivity contribution in [2.75, 3.05) is 6.61 Å². The third-order valence-electron chi connectivity index (χ3n) is 3.15. The highest BCUT2D eigenvalue weighted by Crippen LogP contribution is 2.09. The Morgan fingerprint density at radius 3 is 2.39 bits per heavy atom. The zero-order valence-electron chi connectivity index (χ0n) is 12.9. The maximum absolute atomic E-state index is 11.7. The molecule has 0 saturated heterocycles. The molecule has 0 fully saturated rings. The molecule has 0 amide bonds. The summed E-state index contributed by atoms with van der Waals surface area (Å²) >= 11 is 0. The summed E-state index contributed by atoms with van der Waals surface area (Å²) in [5.41, 5.74) is 2.22. The molecule has 2 aromatic rings. The summed E-state index contributed by atoms with van der Waals surface area (Å²) in [7, 11) is 0. The topological polar surface area (TPSA) is 46.5 Å². The van der Waals surface area contributed by atoms with Crippen molar-refractivity contribution in [3.63, 3.8) is 0 Å². The molecule has 0 unspecified atom stereocenters. The van der Waals surface area contributed by atoms with Crippen molar-refractivity contribution < 1.29 is 14.6 Å². The van der Waals surface area contributed by atoms with Gasteiger partial charge >= 0.3 is 5.97 Å². The molecule has 0 saturated carbocycles. The Morgan fingerprint density at radius 1 is 1.13 bits per heavy atom. The minimum atomic E-state index is -0.884. The average molecular weight is 306 g/mol. The zero-order chi connectivity index (χ0) is 16.5. The lowest BCUT2D eigenvalue weighted by Gasteiger charge is -2.04. The molecule has 23 heavy (non-hydrogen) atoms. The maximum Gasteiger partial charge on any atom is 0.339 e. The van der Waals surface area contributed by atoms with E-state index in [1.165, 1.54) is 0 Å². The van der Waals surface area contributed by atoms with E-state index in [2.05, 4.69) is 11.8 Å². The number of aliphatic hydroxyl groups excluding tert-OH is 1. The van der Waals surface area contributed by atoms with Crippen LogP contribution in [0.25, 0.3) is 6.08 Å². The van der Waals surface area contributed by atoms with Gasteiger partial charge in [-0.3, -0.25) is 0 Å². The molecule has 0 aliphatic rings. The van der Waals surface area contributed by atoms with Crippen LogP contribution in [0.1, 0.15) is 22.8 Å². The van der Waals surface area contributed by atoms with Gasteiger partial charge in [-0.05, 0) is 30.2 Å². The van der Waals surface area contributed by atoms with Gasteiger partial charge in [-0.25, -0.2) is 4.79 Å². The summed E-state index contributed by atoms with van der Waals surface area (Å²) in [6.07, 6.45) is 0.987. The van der Waals surface area contributed by atoms with Crippen LogP contribution in [0.5, 0.6) is 0 Å². The average Bonchev–Trinajstić information content (AvgIpc) is 2.60. The van der Waals surface area contributed by atoms with Crippen LogP contribution < -0.4 is 0 Å². The molecule has 1 N–H and O–H groups in total. The molecule has 1 atom stereocenters. The number of carbonyl (C=O) groups is 1. The summed E-state index contributed by atoms with van der Waals surface area (Å²) in [5.74, 6) is 4.91. The summed E-state index contributed by atoms with van der Waals surface area (Å²) in [4.78, 5) is 11.7. The molecule has 0 aliphatic carbocycles. The van der Waals surface area contributed by atoms with Crippen molar-refractivity contribution in [1.29, 1.82) is 0 Å². The second-order valence-corrected chi connectivity index (χ2v) is 4.96. The molecule has 2 rings (SSSR count). The summed E-state index contributed by atoms with van der Waals surface area (Å²) in [6.45, 7) is 1.76. The second kappa shape index (κ2) is 8.57. The molecule has 0 spiro atoms. The van der Waals surface area contributed by atoms with Crippen LogP contribution in [0.3, 0.4) is 0 Å². The second-order valence-electron chi connectivity index (χ2n) is 4.96. The Morgan fingerprint density at radius 2 is 1.74 bits per heavy atom. The number of rotatable bonds is 4. The van der Waals surface area contributed by atoms with Crippen molar-refractivity contribution >= 4 is 12.0 Å². The predicted octanol–water partition coefficient (Wildman–Crippen LogP) is 3.31. The molecular formula is C20H18O3. The van der Waals surface area contributed by atoms with Gasteiger partial charge < -0.3 is 9.84 Å². The minimum Gasteiger partial charge on any atom is -0.449 e. The lowest BCUT2D eigenvalue weighted by Crippen LogP contribution is -2.07. The van der Waals surface area contributed by atoms with Crippen LogP contribution in [0.2, 0.25) is 0 Å². The molecule has 3 nitrogen and oxygen atoms in total. The molecule has 0 aliphatic heterocycles. The van der Waals surface area contributed by atoms with Gasteiger partial charge in [0.15, 0.2) is 6.61 Å². The van der Waals surface area contributed by atoms with E-state index in [1.807, 2.05) is 49.4 Å². The van der Waals surface area contributed by atoms with Crippen molar-refractivity contribution in [3.8, 4) is 11.8 Å². The fourth-order valence-electron chi connectivity index (χ4n) is 1.90. The Kier molecular flexibility index (Phi) is 6.17. The highest BCUT2D eigenvalue weighted by atomic mass is 16.5. The SMILES string of the molecule is C/C(=C\c1ccccc1)[C@H](O)C#CCOC(=O)c1ccccc1. The van der Waals surface area contributed by atoms with Gasteiger partial charge in [0.05, 0.1) is 5.56 Å². The molecule has 0 heterocycles. The van der Waals surface area contributed by atoms with Gasteiger partial charge in [0, 0.05) is 0 Å². The first kappa shape index (κ1) is 16.5. The van der Waals surface area contributed by atoms with E-state index in [9.17, 15) is 9.90 Å². The number of benzene rings is 2. The normalized spacial score (nSPS) is 12.0. The van der Waals surface area contributed by atoms with Crippen LogP contribution in [-0.2, 0) is 4.74 Å². The van der Waals surface area contributed by atoms with Crippen LogP contribution in [0, 0.1) is 11.8 Å². The number of aliphatic hydroxyl groups is 1. The first-order valence-corrected chi connectivity index (χ1v) is 7.28. The number of carbonyl (C=O) groups excluding carboxylic acids is 1. The molecule has 0 bridgehead atoms. The summed E-state index contributed by atoms with van der Waals surface area (Å²) in [6, 6.07) is 18.4. The third-order valence-corrected chi connectivity index (χ3v) is 3.15. The smallest absolute Gasteiger partial charge is 0.339 e. The van der Waals surface area contributed by atoms with Crippen molar-refractivity contribution in [3.05, 3.63) is 77.4 Å². The number of hydrogen-bond acceptors (Lipinski definition) is 3. The Labute approximate surface area is 136 Å². The fraction of sp³-hybridized carbons (Fsp3) is 0.150. The lowest BCUT2D eigenvalue weighted by atomic mass is 10.1. The van der Waals surface area contributed by atoms with E-state index >= 15 is 0 Å². The standard InChI is InChI=1S/C20H18O3/c1-16(15-17-9-4-2-5-10-17)19(21)13-8-14-23-20(22)18-11-6-3-7-12-18/h2-7,9-12,15,19,21H,14H2,1H3/b16-15+/t19-/m1/s1. The van der Waals surface area contributed by atoms with Gasteiger partial charge in [0.2, 0.25) is 0 Å². The van der Waals surface area contributed by atoms with Crippen LogP contribution in [-0.4, -0.2) is 23.8 Å². The highest BCUT2D eigenvalue weighted by Gasteiger charge is 2.05. The van der Waals surface area contributed by atoms with Crippen LogP contribution in [0.4, 0.5) is 0 Å². The summed E-state index contributed by atoms with van der Waals surface area (Å²) in [5, 5.41) is 9.98. The quantitative estimate of drug-likeness (QED) is 0.696. The Bertz CT molecular complexity index is 722. The van der Waals surface area contributed by atoms with Crippen molar-refractivity contribution in [2.24, 2.45) is 0 Å². The molecule has 3 heteroatoms. The van der Waals surface area contributed by atoms with Gasteiger partial charge in [-0.15, -0.1) is 0 Å². The number of esters is 1. The Balaban J connectivity index is 1.87. The predicted molar refractivity (Wildman–Crippen MR) is 90.6 cm³/mol. The van der Waals surface area contributed by atoms with E-state index in [-0.39, 0.29) is 6.61 Å².